The molecule has 0 aliphatic carbocycles. The first-order valence-corrected chi connectivity index (χ1v) is 8.96. The molecule has 2 heterocycles. The highest BCUT2D eigenvalue weighted by Crippen LogP contribution is 2.41. The first kappa shape index (κ1) is 20.5. The van der Waals surface area contributed by atoms with Crippen molar-refractivity contribution in [3.63, 3.8) is 0 Å². The van der Waals surface area contributed by atoms with Crippen molar-refractivity contribution in [2.24, 2.45) is 0 Å². The topological polar surface area (TPSA) is 89.0 Å². The second-order valence-electron chi connectivity index (χ2n) is 6.26. The molecule has 1 aromatic heterocycles. The molecule has 1 aliphatic heterocycles. The largest absolute Gasteiger partial charge is 0.495 e. The maximum atomic E-state index is 12.7. The van der Waals surface area contributed by atoms with Crippen LogP contribution in [-0.4, -0.2) is 47.2 Å². The van der Waals surface area contributed by atoms with Gasteiger partial charge in [0.25, 0.3) is 0 Å². The summed E-state index contributed by atoms with van der Waals surface area (Å²) >= 11 is 0. The van der Waals surface area contributed by atoms with E-state index >= 15 is 0 Å². The quantitative estimate of drug-likeness (QED) is 0.552. The van der Waals surface area contributed by atoms with Crippen molar-refractivity contribution >= 4 is 11.9 Å². The Morgan fingerprint density at radius 2 is 2.00 bits per heavy atom. The molecule has 0 radical (unpaired) electrons. The Labute approximate surface area is 159 Å². The molecule has 0 amide bonds. The lowest BCUT2D eigenvalue weighted by atomic mass is 9.87. The molecule has 0 saturated carbocycles. The first-order valence-electron chi connectivity index (χ1n) is 8.96. The van der Waals surface area contributed by atoms with Crippen molar-refractivity contribution in [1.29, 1.82) is 0 Å². The van der Waals surface area contributed by atoms with Crippen molar-refractivity contribution in [2.75, 3.05) is 20.3 Å². The number of carboxylic acids is 1. The van der Waals surface area contributed by atoms with Gasteiger partial charge in [0.15, 0.2) is 0 Å². The highest BCUT2D eigenvalue weighted by atomic mass is 16.5. The zero-order valence-electron chi connectivity index (χ0n) is 16.2. The lowest BCUT2D eigenvalue weighted by molar-refractivity contribution is -0.139. The molecule has 1 atom stereocenters. The summed E-state index contributed by atoms with van der Waals surface area (Å²) in [5, 5.41) is 8.83. The molecule has 7 nitrogen and oxygen atoms in total. The zero-order chi connectivity index (χ0) is 20.0. The van der Waals surface area contributed by atoms with E-state index < -0.39 is 17.9 Å². The first-order chi connectivity index (χ1) is 12.9. The van der Waals surface area contributed by atoms with E-state index in [9.17, 15) is 9.59 Å². The second kappa shape index (κ2) is 9.21. The van der Waals surface area contributed by atoms with E-state index in [1.165, 1.54) is 0 Å². The number of carboxylic acid groups (broad SMARTS) is 1. The van der Waals surface area contributed by atoms with Gasteiger partial charge in [0.05, 0.1) is 36.1 Å². The van der Waals surface area contributed by atoms with Crippen LogP contribution in [0.2, 0.25) is 0 Å². The van der Waals surface area contributed by atoms with E-state index in [-0.39, 0.29) is 19.6 Å². The third-order valence-corrected chi connectivity index (χ3v) is 4.57. The van der Waals surface area contributed by atoms with Gasteiger partial charge in [-0.3, -0.25) is 9.78 Å². The highest BCUT2D eigenvalue weighted by Gasteiger charge is 2.38. The Hall–Kier alpha value is -2.83. The molecule has 0 fully saturated rings. The average Bonchev–Trinajstić information content (AvgIpc) is 2.65. The summed E-state index contributed by atoms with van der Waals surface area (Å²) in [5.41, 5.74) is 2.79. The van der Waals surface area contributed by atoms with Gasteiger partial charge in [0.1, 0.15) is 5.76 Å². The monoisotopic (exact) mass is 374 g/mol. The van der Waals surface area contributed by atoms with Gasteiger partial charge in [-0.25, -0.2) is 4.79 Å². The minimum atomic E-state index is -0.866. The molecule has 0 spiro atoms. The number of carbonyl (C=O) groups is 2. The fraction of sp³-hybridized carbons (Fsp3) is 0.450. The van der Waals surface area contributed by atoms with Crippen LogP contribution in [0.5, 0.6) is 0 Å². The van der Waals surface area contributed by atoms with E-state index in [1.807, 2.05) is 44.0 Å². The van der Waals surface area contributed by atoms with E-state index in [0.29, 0.717) is 23.4 Å². The van der Waals surface area contributed by atoms with E-state index in [1.54, 1.807) is 13.1 Å². The van der Waals surface area contributed by atoms with Gasteiger partial charge in [-0.2, -0.15) is 0 Å². The standard InChI is InChI=1S/C20H26N2O5/c1-5-26-20(25)17-13(2)22(4)14(3)19(27-12-8-10-16(23)24)18(17)15-9-6-7-11-21-15/h6-7,9,11,18H,5,8,10,12H2,1-4H3,(H,23,24). The molecule has 0 aromatic carbocycles. The number of allylic oxidation sites excluding steroid dienone is 3. The summed E-state index contributed by atoms with van der Waals surface area (Å²) < 4.78 is 11.3. The summed E-state index contributed by atoms with van der Waals surface area (Å²) in [5.74, 6) is -1.17. The number of aliphatic carboxylic acids is 1. The van der Waals surface area contributed by atoms with Crippen molar-refractivity contribution in [3.05, 3.63) is 52.8 Å². The van der Waals surface area contributed by atoms with Gasteiger partial charge < -0.3 is 19.5 Å². The molecular formula is C20H26N2O5. The third kappa shape index (κ3) is 4.67. The average molecular weight is 374 g/mol. The fourth-order valence-corrected chi connectivity index (χ4v) is 3.04. The van der Waals surface area contributed by atoms with Crippen LogP contribution in [-0.2, 0) is 19.1 Å². The Kier molecular flexibility index (Phi) is 6.98. The lowest BCUT2D eigenvalue weighted by Crippen LogP contribution is -2.31. The fourth-order valence-electron chi connectivity index (χ4n) is 3.04. The van der Waals surface area contributed by atoms with Crippen LogP contribution < -0.4 is 0 Å². The number of pyridine rings is 1. The molecule has 0 saturated heterocycles. The van der Waals surface area contributed by atoms with Crippen LogP contribution in [0.4, 0.5) is 0 Å². The lowest BCUT2D eigenvalue weighted by Gasteiger charge is -2.35. The number of hydrogen-bond donors (Lipinski definition) is 1. The normalized spacial score (nSPS) is 17.2. The van der Waals surface area contributed by atoms with E-state index in [4.69, 9.17) is 14.6 Å². The number of aromatic nitrogens is 1. The van der Waals surface area contributed by atoms with Crippen LogP contribution in [0.15, 0.2) is 47.1 Å². The minimum Gasteiger partial charge on any atom is -0.495 e. The Balaban J connectivity index is 2.44. The summed E-state index contributed by atoms with van der Waals surface area (Å²) in [4.78, 5) is 29.8. The van der Waals surface area contributed by atoms with Crippen LogP contribution in [0, 0.1) is 0 Å². The van der Waals surface area contributed by atoms with Gasteiger partial charge >= 0.3 is 11.9 Å². The van der Waals surface area contributed by atoms with Crippen LogP contribution >= 0.6 is 0 Å². The van der Waals surface area contributed by atoms with Crippen LogP contribution in [0.3, 0.4) is 0 Å². The predicted molar refractivity (Wildman–Crippen MR) is 99.6 cm³/mol. The molecular weight excluding hydrogens is 348 g/mol. The molecule has 2 rings (SSSR count). The predicted octanol–water partition coefficient (Wildman–Crippen LogP) is 3.06. The smallest absolute Gasteiger partial charge is 0.336 e. The number of hydrogen-bond acceptors (Lipinski definition) is 6. The van der Waals surface area contributed by atoms with Crippen LogP contribution in [0.1, 0.15) is 45.2 Å². The Morgan fingerprint density at radius 1 is 1.26 bits per heavy atom. The number of carbonyl (C=O) groups excluding carboxylic acids is 1. The van der Waals surface area contributed by atoms with Gasteiger partial charge in [0.2, 0.25) is 0 Å². The van der Waals surface area contributed by atoms with Crippen molar-refractivity contribution < 1.29 is 24.2 Å². The molecule has 1 aliphatic rings. The summed E-state index contributed by atoms with van der Waals surface area (Å²) in [6.45, 7) is 6.05. The van der Waals surface area contributed by atoms with Gasteiger partial charge in [-0.1, -0.05) is 6.07 Å². The maximum absolute atomic E-state index is 12.7. The molecule has 1 aromatic rings. The molecule has 1 unspecified atom stereocenters. The zero-order valence-corrected chi connectivity index (χ0v) is 16.2. The van der Waals surface area contributed by atoms with Gasteiger partial charge in [-0.05, 0) is 39.3 Å². The minimum absolute atomic E-state index is 0.0238. The Bertz CT molecular complexity index is 755. The van der Waals surface area contributed by atoms with Gasteiger partial charge in [-0.15, -0.1) is 0 Å². The maximum Gasteiger partial charge on any atom is 0.336 e. The van der Waals surface area contributed by atoms with Crippen molar-refractivity contribution in [3.8, 4) is 0 Å². The molecule has 0 bridgehead atoms. The second-order valence-corrected chi connectivity index (χ2v) is 6.26. The number of nitrogens with zero attached hydrogens (tertiary/aromatic N) is 2. The number of rotatable bonds is 8. The molecule has 7 heteroatoms. The summed E-state index contributed by atoms with van der Waals surface area (Å²) in [6.07, 6.45) is 2.07. The molecule has 1 N–H and O–H groups in total. The highest BCUT2D eigenvalue weighted by molar-refractivity contribution is 5.92. The Morgan fingerprint density at radius 3 is 2.59 bits per heavy atom. The van der Waals surface area contributed by atoms with E-state index in [0.717, 1.165) is 11.4 Å². The van der Waals surface area contributed by atoms with Crippen molar-refractivity contribution in [2.45, 2.75) is 39.5 Å². The van der Waals surface area contributed by atoms with E-state index in [2.05, 4.69) is 4.98 Å². The van der Waals surface area contributed by atoms with Crippen molar-refractivity contribution in [1.82, 2.24) is 9.88 Å². The molecule has 27 heavy (non-hydrogen) atoms. The third-order valence-electron chi connectivity index (χ3n) is 4.57. The number of ether oxygens (including phenoxy) is 2. The SMILES string of the molecule is CCOC(=O)C1=C(C)N(C)C(C)=C(OCCCC(=O)O)C1c1ccccn1. The molecule has 146 valence electrons. The van der Waals surface area contributed by atoms with Crippen LogP contribution in [0.25, 0.3) is 0 Å². The van der Waals surface area contributed by atoms with Gasteiger partial charge in [0, 0.05) is 25.4 Å². The summed E-state index contributed by atoms with van der Waals surface area (Å²) in [6, 6.07) is 5.51. The number of esters is 1. The summed E-state index contributed by atoms with van der Waals surface area (Å²) in [7, 11) is 1.86.